The van der Waals surface area contributed by atoms with E-state index in [0.29, 0.717) is 17.0 Å². The second kappa shape index (κ2) is 7.67. The van der Waals surface area contributed by atoms with Crippen molar-refractivity contribution in [1.82, 2.24) is 4.98 Å². The predicted molar refractivity (Wildman–Crippen MR) is 80.0 cm³/mol. The zero-order chi connectivity index (χ0) is 11.4. The highest BCUT2D eigenvalue weighted by Gasteiger charge is 2.13. The van der Waals surface area contributed by atoms with Gasteiger partial charge in [-0.1, -0.05) is 45.7 Å². The molecule has 0 spiro atoms. The van der Waals surface area contributed by atoms with E-state index in [2.05, 4.69) is 50.7 Å². The van der Waals surface area contributed by atoms with Crippen molar-refractivity contribution in [2.75, 3.05) is 0 Å². The molecule has 1 aromatic rings. The van der Waals surface area contributed by atoms with Crippen LogP contribution in [0.25, 0.3) is 0 Å². The normalized spacial score (nSPS) is 10.3. The van der Waals surface area contributed by atoms with Crippen molar-refractivity contribution in [2.45, 2.75) is 30.9 Å². The molecule has 0 aliphatic rings. The van der Waals surface area contributed by atoms with Crippen LogP contribution < -0.4 is 0 Å². The predicted octanol–water partition coefficient (Wildman–Crippen LogP) is 4.35. The number of hydrogen-bond donors (Lipinski definition) is 1. The SMILES string of the molecule is Br.CC(C)Cc1ncc(CBr)c(CBr)c1O. The summed E-state index contributed by atoms with van der Waals surface area (Å²) in [6.45, 7) is 4.24. The van der Waals surface area contributed by atoms with Crippen molar-refractivity contribution in [3.63, 3.8) is 0 Å². The second-order valence-corrected chi connectivity index (χ2v) is 5.04. The van der Waals surface area contributed by atoms with Crippen LogP contribution in [0, 0.1) is 5.92 Å². The highest BCUT2D eigenvalue weighted by molar-refractivity contribution is 9.09. The lowest BCUT2D eigenvalue weighted by molar-refractivity contribution is 0.452. The van der Waals surface area contributed by atoms with Crippen molar-refractivity contribution in [3.8, 4) is 5.75 Å². The Hall–Kier alpha value is 0.390. The van der Waals surface area contributed by atoms with Crippen LogP contribution in [0.15, 0.2) is 6.20 Å². The summed E-state index contributed by atoms with van der Waals surface area (Å²) in [5.74, 6) is 0.846. The van der Waals surface area contributed by atoms with Gasteiger partial charge in [0.1, 0.15) is 5.75 Å². The Morgan fingerprint density at radius 1 is 1.31 bits per heavy atom. The lowest BCUT2D eigenvalue weighted by atomic mass is 10.0. The minimum atomic E-state index is 0. The Balaban J connectivity index is 0.00000225. The van der Waals surface area contributed by atoms with Crippen LogP contribution in [0.5, 0.6) is 5.75 Å². The Morgan fingerprint density at radius 2 is 1.94 bits per heavy atom. The number of hydrogen-bond acceptors (Lipinski definition) is 2. The third-order valence-electron chi connectivity index (χ3n) is 2.20. The van der Waals surface area contributed by atoms with Crippen LogP contribution in [0.1, 0.15) is 30.7 Å². The number of rotatable bonds is 4. The number of nitrogens with zero attached hydrogens (tertiary/aromatic N) is 1. The largest absolute Gasteiger partial charge is 0.506 e. The second-order valence-electron chi connectivity index (χ2n) is 3.92. The highest BCUT2D eigenvalue weighted by Crippen LogP contribution is 2.29. The minimum Gasteiger partial charge on any atom is -0.506 e. The Kier molecular flexibility index (Phi) is 7.85. The molecule has 0 atom stereocenters. The molecule has 0 radical (unpaired) electrons. The smallest absolute Gasteiger partial charge is 0.141 e. The topological polar surface area (TPSA) is 33.1 Å². The van der Waals surface area contributed by atoms with Crippen LogP contribution in [-0.4, -0.2) is 10.1 Å². The number of halogens is 3. The first-order valence-electron chi connectivity index (χ1n) is 4.90. The van der Waals surface area contributed by atoms with Gasteiger partial charge >= 0.3 is 0 Å². The van der Waals surface area contributed by atoms with E-state index in [1.807, 2.05) is 6.20 Å². The summed E-state index contributed by atoms with van der Waals surface area (Å²) in [6, 6.07) is 0. The van der Waals surface area contributed by atoms with Gasteiger partial charge in [0.25, 0.3) is 0 Å². The molecular formula is C11H16Br3NO. The molecule has 1 rings (SSSR count). The van der Waals surface area contributed by atoms with E-state index in [0.717, 1.165) is 28.6 Å². The summed E-state index contributed by atoms with van der Waals surface area (Å²) >= 11 is 6.78. The summed E-state index contributed by atoms with van der Waals surface area (Å²) in [7, 11) is 0. The Bertz CT molecular complexity index is 342. The number of pyridine rings is 1. The fourth-order valence-electron chi connectivity index (χ4n) is 1.42. The van der Waals surface area contributed by atoms with Crippen LogP contribution in [0.4, 0.5) is 0 Å². The number of aromatic nitrogens is 1. The summed E-state index contributed by atoms with van der Waals surface area (Å²) < 4.78 is 0. The molecule has 5 heteroatoms. The van der Waals surface area contributed by atoms with Crippen molar-refractivity contribution in [2.24, 2.45) is 5.92 Å². The maximum absolute atomic E-state index is 10.0. The molecule has 0 aromatic carbocycles. The highest BCUT2D eigenvalue weighted by atomic mass is 79.9. The molecule has 1 N–H and O–H groups in total. The van der Waals surface area contributed by atoms with Gasteiger partial charge in [-0.25, -0.2) is 0 Å². The molecule has 16 heavy (non-hydrogen) atoms. The van der Waals surface area contributed by atoms with E-state index in [1.54, 1.807) is 0 Å². The molecule has 2 nitrogen and oxygen atoms in total. The molecule has 0 bridgehead atoms. The van der Waals surface area contributed by atoms with Gasteiger partial charge in [0.2, 0.25) is 0 Å². The standard InChI is InChI=1S/C11H15Br2NO.BrH/c1-7(2)3-10-11(15)9(5-13)8(4-12)6-14-10;/h6-7,15H,3-5H2,1-2H3;1H. The van der Waals surface area contributed by atoms with Crippen LogP contribution in [0.2, 0.25) is 0 Å². The lowest BCUT2D eigenvalue weighted by Crippen LogP contribution is -2.01. The molecule has 0 unspecified atom stereocenters. The van der Waals surface area contributed by atoms with Crippen molar-refractivity contribution >= 4 is 48.8 Å². The maximum atomic E-state index is 10.0. The molecule has 1 heterocycles. The first-order valence-corrected chi connectivity index (χ1v) is 7.15. The molecule has 0 fully saturated rings. The molecule has 92 valence electrons. The number of aromatic hydroxyl groups is 1. The summed E-state index contributed by atoms with van der Waals surface area (Å²) in [6.07, 6.45) is 2.65. The molecule has 0 saturated heterocycles. The Labute approximate surface area is 124 Å². The van der Waals surface area contributed by atoms with Gasteiger partial charge in [0.05, 0.1) is 5.69 Å². The molecule has 0 saturated carbocycles. The van der Waals surface area contributed by atoms with Crippen molar-refractivity contribution in [1.29, 1.82) is 0 Å². The zero-order valence-electron chi connectivity index (χ0n) is 9.33. The quantitative estimate of drug-likeness (QED) is 0.738. The molecule has 0 amide bonds. The zero-order valence-corrected chi connectivity index (χ0v) is 14.2. The third-order valence-corrected chi connectivity index (χ3v) is 3.37. The summed E-state index contributed by atoms with van der Waals surface area (Å²) in [5, 5.41) is 11.4. The summed E-state index contributed by atoms with van der Waals surface area (Å²) in [4.78, 5) is 4.30. The maximum Gasteiger partial charge on any atom is 0.141 e. The average molecular weight is 418 g/mol. The molecule has 0 aliphatic carbocycles. The first kappa shape index (κ1) is 16.4. The molecule has 0 aliphatic heterocycles. The van der Waals surface area contributed by atoms with E-state index in [4.69, 9.17) is 0 Å². The van der Waals surface area contributed by atoms with E-state index in [9.17, 15) is 5.11 Å². The number of alkyl halides is 2. The molecule has 1 aromatic heterocycles. The summed E-state index contributed by atoms with van der Waals surface area (Å²) in [5.41, 5.74) is 2.78. The lowest BCUT2D eigenvalue weighted by Gasteiger charge is -2.12. The van der Waals surface area contributed by atoms with Gasteiger partial charge in [-0.15, -0.1) is 17.0 Å². The van der Waals surface area contributed by atoms with E-state index in [-0.39, 0.29) is 17.0 Å². The average Bonchev–Trinajstić information content (AvgIpc) is 2.20. The van der Waals surface area contributed by atoms with E-state index in [1.165, 1.54) is 0 Å². The van der Waals surface area contributed by atoms with Gasteiger partial charge in [-0.2, -0.15) is 0 Å². The van der Waals surface area contributed by atoms with Crippen molar-refractivity contribution < 1.29 is 5.11 Å². The van der Waals surface area contributed by atoms with Gasteiger partial charge < -0.3 is 5.11 Å². The van der Waals surface area contributed by atoms with Gasteiger partial charge in [-0.3, -0.25) is 4.98 Å². The minimum absolute atomic E-state index is 0. The van der Waals surface area contributed by atoms with E-state index < -0.39 is 0 Å². The fraction of sp³-hybridized carbons (Fsp3) is 0.545. The van der Waals surface area contributed by atoms with Crippen molar-refractivity contribution in [3.05, 3.63) is 23.0 Å². The monoisotopic (exact) mass is 415 g/mol. The van der Waals surface area contributed by atoms with Gasteiger partial charge in [0, 0.05) is 22.4 Å². The first-order chi connectivity index (χ1) is 7.10. The Morgan fingerprint density at radius 3 is 2.38 bits per heavy atom. The van der Waals surface area contributed by atoms with E-state index >= 15 is 0 Å². The van der Waals surface area contributed by atoms with Crippen LogP contribution in [-0.2, 0) is 17.1 Å². The third kappa shape index (κ3) is 4.00. The van der Waals surface area contributed by atoms with Crippen LogP contribution in [0.3, 0.4) is 0 Å². The van der Waals surface area contributed by atoms with Gasteiger partial charge in [0.15, 0.2) is 0 Å². The fourth-order valence-corrected chi connectivity index (χ4v) is 2.53. The van der Waals surface area contributed by atoms with Crippen LogP contribution >= 0.6 is 48.8 Å². The molecular weight excluding hydrogens is 402 g/mol. The van der Waals surface area contributed by atoms with Gasteiger partial charge in [-0.05, 0) is 17.9 Å².